The standard InChI is InChI=1S/C26H28N4O/c1-19-12-13-23-22(17-19)21-10-5-11-24-26(21)30(23)16-15-29(24)18-25(31)28-27-14-6-9-20-7-3-2-4-8-20/h2-4,6-9,12-14,17,24H,5,10-11,15-16,18H2,1H3,(H,28,31)/b9-6+,27-14-/t24-/m1/s1. The molecule has 0 radical (unpaired) electrons. The molecule has 5 heteroatoms. The van der Waals surface area contributed by atoms with Gasteiger partial charge in [0.15, 0.2) is 0 Å². The number of nitrogens with one attached hydrogen (secondary N) is 1. The molecule has 0 spiro atoms. The van der Waals surface area contributed by atoms with Gasteiger partial charge >= 0.3 is 0 Å². The number of hydrazone groups is 1. The van der Waals surface area contributed by atoms with Crippen LogP contribution in [0.25, 0.3) is 17.0 Å². The minimum absolute atomic E-state index is 0.0584. The molecular weight excluding hydrogens is 384 g/mol. The van der Waals surface area contributed by atoms with Crippen LogP contribution in [0.4, 0.5) is 0 Å². The largest absolute Gasteiger partial charge is 0.342 e. The van der Waals surface area contributed by atoms with E-state index in [-0.39, 0.29) is 5.91 Å². The van der Waals surface area contributed by atoms with Crippen molar-refractivity contribution < 1.29 is 4.79 Å². The highest BCUT2D eigenvalue weighted by atomic mass is 16.2. The molecule has 0 unspecified atom stereocenters. The Morgan fingerprint density at radius 1 is 1.19 bits per heavy atom. The van der Waals surface area contributed by atoms with Gasteiger partial charge in [-0.25, -0.2) is 5.43 Å². The van der Waals surface area contributed by atoms with Crippen LogP contribution in [-0.4, -0.2) is 34.7 Å². The van der Waals surface area contributed by atoms with Crippen molar-refractivity contribution in [2.45, 2.75) is 38.8 Å². The smallest absolute Gasteiger partial charge is 0.254 e. The van der Waals surface area contributed by atoms with Gasteiger partial charge in [-0.05, 0) is 55.5 Å². The van der Waals surface area contributed by atoms with Gasteiger partial charge in [0.25, 0.3) is 5.91 Å². The average molecular weight is 413 g/mol. The lowest BCUT2D eigenvalue weighted by atomic mass is 9.89. The molecule has 1 amide bonds. The number of fused-ring (bicyclic) bond motifs is 3. The van der Waals surface area contributed by atoms with Crippen LogP contribution < -0.4 is 5.43 Å². The third-order valence-electron chi connectivity index (χ3n) is 6.42. The second kappa shape index (κ2) is 8.52. The highest BCUT2D eigenvalue weighted by Gasteiger charge is 2.35. The molecule has 3 aromatic rings. The summed E-state index contributed by atoms with van der Waals surface area (Å²) in [6.45, 7) is 4.36. The highest BCUT2D eigenvalue weighted by Crippen LogP contribution is 2.42. The van der Waals surface area contributed by atoms with Crippen LogP contribution >= 0.6 is 0 Å². The monoisotopic (exact) mass is 412 g/mol. The number of amides is 1. The number of carbonyl (C=O) groups is 1. The van der Waals surface area contributed by atoms with E-state index in [1.807, 2.05) is 42.5 Å². The van der Waals surface area contributed by atoms with Crippen LogP contribution in [0.3, 0.4) is 0 Å². The van der Waals surface area contributed by atoms with Crippen molar-refractivity contribution in [3.63, 3.8) is 0 Å². The molecule has 0 saturated carbocycles. The zero-order chi connectivity index (χ0) is 21.2. The van der Waals surface area contributed by atoms with Crippen molar-refractivity contribution >= 4 is 29.1 Å². The summed E-state index contributed by atoms with van der Waals surface area (Å²) in [4.78, 5) is 14.9. The van der Waals surface area contributed by atoms with Crippen LogP contribution in [0.1, 0.15) is 41.3 Å². The average Bonchev–Trinajstić information content (AvgIpc) is 3.10. The molecule has 0 fully saturated rings. The first kappa shape index (κ1) is 19.8. The maximum Gasteiger partial charge on any atom is 0.254 e. The number of aryl methyl sites for hydroxylation is 2. The maximum absolute atomic E-state index is 12.5. The van der Waals surface area contributed by atoms with E-state index < -0.39 is 0 Å². The summed E-state index contributed by atoms with van der Waals surface area (Å²) in [7, 11) is 0. The zero-order valence-corrected chi connectivity index (χ0v) is 17.9. The molecule has 1 atom stereocenters. The predicted molar refractivity (Wildman–Crippen MR) is 126 cm³/mol. The van der Waals surface area contributed by atoms with Gasteiger partial charge in [0.05, 0.1) is 12.6 Å². The number of hydrogen-bond acceptors (Lipinski definition) is 3. The normalized spacial score (nSPS) is 18.7. The van der Waals surface area contributed by atoms with Crippen molar-refractivity contribution in [2.24, 2.45) is 5.10 Å². The molecule has 0 saturated heterocycles. The lowest BCUT2D eigenvalue weighted by Gasteiger charge is -2.39. The minimum atomic E-state index is -0.0584. The van der Waals surface area contributed by atoms with Gasteiger partial charge in [-0.1, -0.05) is 48.0 Å². The first-order valence-corrected chi connectivity index (χ1v) is 11.1. The predicted octanol–water partition coefficient (Wildman–Crippen LogP) is 4.46. The summed E-state index contributed by atoms with van der Waals surface area (Å²) < 4.78 is 2.49. The van der Waals surface area contributed by atoms with Crippen LogP contribution in [-0.2, 0) is 17.8 Å². The quantitative estimate of drug-likeness (QED) is 0.497. The molecule has 2 heterocycles. The fourth-order valence-electron chi connectivity index (χ4n) is 5.07. The first-order valence-electron chi connectivity index (χ1n) is 11.1. The molecule has 158 valence electrons. The van der Waals surface area contributed by atoms with Crippen LogP contribution in [0, 0.1) is 6.92 Å². The number of carbonyl (C=O) groups excluding carboxylic acids is 1. The van der Waals surface area contributed by atoms with E-state index in [0.29, 0.717) is 12.6 Å². The molecule has 1 aliphatic carbocycles. The van der Waals surface area contributed by atoms with Gasteiger partial charge in [-0.2, -0.15) is 5.10 Å². The van der Waals surface area contributed by atoms with Crippen LogP contribution in [0.5, 0.6) is 0 Å². The van der Waals surface area contributed by atoms with Gasteiger partial charge in [-0.3, -0.25) is 9.69 Å². The van der Waals surface area contributed by atoms with Crippen molar-refractivity contribution in [3.8, 4) is 0 Å². The van der Waals surface area contributed by atoms with Gasteiger partial charge in [-0.15, -0.1) is 0 Å². The Kier molecular flexibility index (Phi) is 5.43. The number of nitrogens with zero attached hydrogens (tertiary/aromatic N) is 3. The number of aromatic nitrogens is 1. The molecule has 2 aromatic carbocycles. The van der Waals surface area contributed by atoms with Crippen molar-refractivity contribution in [1.82, 2.24) is 14.9 Å². The molecule has 1 aromatic heterocycles. The summed E-state index contributed by atoms with van der Waals surface area (Å²) in [5.74, 6) is -0.0584. The molecule has 0 bridgehead atoms. The summed E-state index contributed by atoms with van der Waals surface area (Å²) >= 11 is 0. The summed E-state index contributed by atoms with van der Waals surface area (Å²) in [5.41, 5.74) is 9.36. The fourth-order valence-corrected chi connectivity index (χ4v) is 5.07. The number of rotatable bonds is 5. The Balaban J connectivity index is 1.26. The summed E-state index contributed by atoms with van der Waals surface area (Å²) in [5, 5.41) is 5.48. The molecule has 1 N–H and O–H groups in total. The third-order valence-corrected chi connectivity index (χ3v) is 6.42. The molecule has 31 heavy (non-hydrogen) atoms. The Morgan fingerprint density at radius 3 is 2.94 bits per heavy atom. The van der Waals surface area contributed by atoms with Crippen LogP contribution in [0.2, 0.25) is 0 Å². The van der Waals surface area contributed by atoms with Gasteiger partial charge in [0.1, 0.15) is 0 Å². The van der Waals surface area contributed by atoms with E-state index in [9.17, 15) is 4.79 Å². The fraction of sp³-hybridized carbons (Fsp3) is 0.308. The van der Waals surface area contributed by atoms with E-state index in [4.69, 9.17) is 0 Å². The lowest BCUT2D eigenvalue weighted by Crippen LogP contribution is -2.44. The van der Waals surface area contributed by atoms with Crippen LogP contribution in [0.15, 0.2) is 59.7 Å². The summed E-state index contributed by atoms with van der Waals surface area (Å²) in [6, 6.07) is 17.1. The third kappa shape index (κ3) is 3.93. The van der Waals surface area contributed by atoms with E-state index >= 15 is 0 Å². The van der Waals surface area contributed by atoms with E-state index in [1.54, 1.807) is 6.21 Å². The Morgan fingerprint density at radius 2 is 2.06 bits per heavy atom. The highest BCUT2D eigenvalue weighted by molar-refractivity contribution is 5.87. The summed E-state index contributed by atoms with van der Waals surface area (Å²) in [6.07, 6.45) is 8.84. The topological polar surface area (TPSA) is 49.6 Å². The molecule has 5 nitrogen and oxygen atoms in total. The first-order chi connectivity index (χ1) is 15.2. The minimum Gasteiger partial charge on any atom is -0.342 e. The van der Waals surface area contributed by atoms with E-state index in [2.05, 4.69) is 45.1 Å². The number of hydrogen-bond donors (Lipinski definition) is 1. The van der Waals surface area contributed by atoms with Gasteiger partial charge in [0.2, 0.25) is 0 Å². The Labute approximate surface area is 183 Å². The van der Waals surface area contributed by atoms with Crippen molar-refractivity contribution in [3.05, 3.63) is 77.0 Å². The molecule has 1 aliphatic heterocycles. The Bertz CT molecular complexity index is 1160. The number of allylic oxidation sites excluding steroid dienone is 1. The van der Waals surface area contributed by atoms with Gasteiger partial charge in [0, 0.05) is 35.9 Å². The second-order valence-electron chi connectivity index (χ2n) is 8.50. The van der Waals surface area contributed by atoms with E-state index in [1.165, 1.54) is 34.1 Å². The SMILES string of the molecule is Cc1ccc2c(c1)c1c3n2CCN(CC(=O)N/N=C\C=C\c2ccccc2)[C@@H]3CCC1. The number of benzene rings is 2. The maximum atomic E-state index is 12.5. The zero-order valence-electron chi connectivity index (χ0n) is 17.9. The second-order valence-corrected chi connectivity index (χ2v) is 8.50. The Hall–Kier alpha value is -3.18. The van der Waals surface area contributed by atoms with E-state index in [0.717, 1.165) is 31.5 Å². The molecule has 5 rings (SSSR count). The lowest BCUT2D eigenvalue weighted by molar-refractivity contribution is -0.123. The van der Waals surface area contributed by atoms with Gasteiger partial charge < -0.3 is 4.57 Å². The molecule has 2 aliphatic rings. The molecular formula is C26H28N4O. The van der Waals surface area contributed by atoms with Crippen molar-refractivity contribution in [2.75, 3.05) is 13.1 Å². The van der Waals surface area contributed by atoms with Crippen molar-refractivity contribution in [1.29, 1.82) is 0 Å².